The van der Waals surface area contributed by atoms with Gasteiger partial charge in [0.1, 0.15) is 11.8 Å². The van der Waals surface area contributed by atoms with E-state index in [9.17, 15) is 9.59 Å². The Kier molecular flexibility index (Phi) is 9.07. The predicted molar refractivity (Wildman–Crippen MR) is 131 cm³/mol. The molecule has 5 nitrogen and oxygen atoms in total. The standard InChI is InChI=1S/C28H32N2O3/c1-3-27(31)30(21-24-14-16-25(33-2)17-15-24)26(20-23-12-8-5-9-13-23)28(32)29-19-18-22-10-6-4-7-11-22/h4-17,26H,3,18-21H2,1-2H3,(H,29,32). The van der Waals surface area contributed by atoms with Crippen LogP contribution in [0.25, 0.3) is 0 Å². The van der Waals surface area contributed by atoms with Crippen molar-refractivity contribution in [3.63, 3.8) is 0 Å². The van der Waals surface area contributed by atoms with Crippen molar-refractivity contribution in [3.05, 3.63) is 102 Å². The lowest BCUT2D eigenvalue weighted by Gasteiger charge is -2.31. The maximum Gasteiger partial charge on any atom is 0.243 e. The van der Waals surface area contributed by atoms with Gasteiger partial charge in [-0.3, -0.25) is 9.59 Å². The highest BCUT2D eigenvalue weighted by Gasteiger charge is 2.29. The summed E-state index contributed by atoms with van der Waals surface area (Å²) in [5.41, 5.74) is 3.13. The Morgan fingerprint density at radius 1 is 0.848 bits per heavy atom. The van der Waals surface area contributed by atoms with Crippen molar-refractivity contribution in [2.24, 2.45) is 0 Å². The molecule has 33 heavy (non-hydrogen) atoms. The highest BCUT2D eigenvalue weighted by molar-refractivity contribution is 5.88. The van der Waals surface area contributed by atoms with Crippen LogP contribution in [0.1, 0.15) is 30.0 Å². The second-order valence-corrected chi connectivity index (χ2v) is 7.96. The minimum Gasteiger partial charge on any atom is -0.497 e. The third-order valence-corrected chi connectivity index (χ3v) is 5.64. The first-order valence-electron chi connectivity index (χ1n) is 11.4. The molecule has 172 valence electrons. The van der Waals surface area contributed by atoms with E-state index in [2.05, 4.69) is 5.32 Å². The number of hydrogen-bond acceptors (Lipinski definition) is 3. The molecular formula is C28H32N2O3. The fraction of sp³-hybridized carbons (Fsp3) is 0.286. The molecule has 2 amide bonds. The van der Waals surface area contributed by atoms with E-state index in [1.54, 1.807) is 12.0 Å². The van der Waals surface area contributed by atoms with Crippen molar-refractivity contribution in [2.45, 2.75) is 38.8 Å². The quantitative estimate of drug-likeness (QED) is 0.477. The lowest BCUT2D eigenvalue weighted by atomic mass is 10.0. The summed E-state index contributed by atoms with van der Waals surface area (Å²) < 4.78 is 5.24. The molecule has 5 heteroatoms. The number of benzene rings is 3. The van der Waals surface area contributed by atoms with Gasteiger partial charge in [0.2, 0.25) is 11.8 Å². The van der Waals surface area contributed by atoms with E-state index in [4.69, 9.17) is 4.74 Å². The Hall–Kier alpha value is -3.60. The topological polar surface area (TPSA) is 58.6 Å². The number of carbonyl (C=O) groups is 2. The molecular weight excluding hydrogens is 412 g/mol. The average Bonchev–Trinajstić information content (AvgIpc) is 2.87. The molecule has 0 radical (unpaired) electrons. The molecule has 0 heterocycles. The summed E-state index contributed by atoms with van der Waals surface area (Å²) in [5.74, 6) is 0.571. The van der Waals surface area contributed by atoms with Crippen molar-refractivity contribution in [1.29, 1.82) is 0 Å². The third kappa shape index (κ3) is 7.21. The van der Waals surface area contributed by atoms with Crippen molar-refractivity contribution in [2.75, 3.05) is 13.7 Å². The van der Waals surface area contributed by atoms with Crippen LogP contribution in [-0.2, 0) is 29.0 Å². The molecule has 0 aliphatic heterocycles. The van der Waals surface area contributed by atoms with Gasteiger partial charge in [-0.15, -0.1) is 0 Å². The summed E-state index contributed by atoms with van der Waals surface area (Å²) in [5, 5.41) is 3.06. The fourth-order valence-electron chi connectivity index (χ4n) is 3.78. The normalized spacial score (nSPS) is 11.5. The molecule has 0 aliphatic carbocycles. The van der Waals surface area contributed by atoms with Gasteiger partial charge in [-0.1, -0.05) is 79.7 Å². The van der Waals surface area contributed by atoms with Crippen molar-refractivity contribution < 1.29 is 14.3 Å². The number of ether oxygens (including phenoxy) is 1. The molecule has 0 spiro atoms. The van der Waals surface area contributed by atoms with Crippen molar-refractivity contribution in [3.8, 4) is 5.75 Å². The number of nitrogens with one attached hydrogen (secondary N) is 1. The Balaban J connectivity index is 1.79. The Morgan fingerprint density at radius 2 is 1.45 bits per heavy atom. The lowest BCUT2D eigenvalue weighted by molar-refractivity contribution is -0.141. The largest absolute Gasteiger partial charge is 0.497 e. The first-order chi connectivity index (χ1) is 16.1. The molecule has 0 aliphatic rings. The minimum atomic E-state index is -0.599. The third-order valence-electron chi connectivity index (χ3n) is 5.64. The number of amides is 2. The first kappa shape index (κ1) is 24.1. The Morgan fingerprint density at radius 3 is 2.03 bits per heavy atom. The fourth-order valence-corrected chi connectivity index (χ4v) is 3.78. The molecule has 1 atom stereocenters. The van der Waals surface area contributed by atoms with Crippen LogP contribution in [0, 0.1) is 0 Å². The number of carbonyl (C=O) groups excluding carboxylic acids is 2. The van der Waals surface area contributed by atoms with E-state index in [0.717, 1.165) is 28.9 Å². The highest BCUT2D eigenvalue weighted by atomic mass is 16.5. The summed E-state index contributed by atoms with van der Waals surface area (Å²) in [6.07, 6.45) is 1.53. The minimum absolute atomic E-state index is 0.0510. The van der Waals surface area contributed by atoms with E-state index in [-0.39, 0.29) is 11.8 Å². The monoisotopic (exact) mass is 444 g/mol. The van der Waals surface area contributed by atoms with Crippen LogP contribution in [0.3, 0.4) is 0 Å². The number of rotatable bonds is 11. The maximum absolute atomic E-state index is 13.4. The first-order valence-corrected chi connectivity index (χ1v) is 11.4. The maximum atomic E-state index is 13.4. The Labute approximate surface area is 196 Å². The van der Waals surface area contributed by atoms with Gasteiger partial charge in [0.05, 0.1) is 7.11 Å². The molecule has 3 aromatic carbocycles. The van der Waals surface area contributed by atoms with Crippen molar-refractivity contribution >= 4 is 11.8 Å². The van der Waals surface area contributed by atoms with E-state index in [1.807, 2.05) is 91.9 Å². The van der Waals surface area contributed by atoms with Gasteiger partial charge in [0.25, 0.3) is 0 Å². The van der Waals surface area contributed by atoms with Crippen LogP contribution in [0.15, 0.2) is 84.9 Å². The predicted octanol–water partition coefficient (Wildman–Crippen LogP) is 4.40. The smallest absolute Gasteiger partial charge is 0.243 e. The van der Waals surface area contributed by atoms with E-state index >= 15 is 0 Å². The zero-order valence-electron chi connectivity index (χ0n) is 19.4. The van der Waals surface area contributed by atoms with Crippen LogP contribution >= 0.6 is 0 Å². The molecule has 3 aromatic rings. The molecule has 3 rings (SSSR count). The van der Waals surface area contributed by atoms with E-state index in [1.165, 1.54) is 0 Å². The van der Waals surface area contributed by atoms with Crippen LogP contribution in [0.4, 0.5) is 0 Å². The summed E-state index contributed by atoms with van der Waals surface area (Å²) >= 11 is 0. The number of methoxy groups -OCH3 is 1. The van der Waals surface area contributed by atoms with Gasteiger partial charge in [-0.05, 0) is 35.2 Å². The SMILES string of the molecule is CCC(=O)N(Cc1ccc(OC)cc1)C(Cc1ccccc1)C(=O)NCCc1ccccc1. The van der Waals surface area contributed by atoms with Crippen LogP contribution in [0.5, 0.6) is 5.75 Å². The van der Waals surface area contributed by atoms with E-state index in [0.29, 0.717) is 25.9 Å². The summed E-state index contributed by atoms with van der Waals surface area (Å²) in [6, 6.07) is 26.9. The van der Waals surface area contributed by atoms with Crippen LogP contribution < -0.4 is 10.1 Å². The number of hydrogen-bond donors (Lipinski definition) is 1. The highest BCUT2D eigenvalue weighted by Crippen LogP contribution is 2.18. The van der Waals surface area contributed by atoms with Crippen molar-refractivity contribution in [1.82, 2.24) is 10.2 Å². The second-order valence-electron chi connectivity index (χ2n) is 7.96. The number of nitrogens with zero attached hydrogens (tertiary/aromatic N) is 1. The molecule has 0 fully saturated rings. The lowest BCUT2D eigenvalue weighted by Crippen LogP contribution is -2.50. The zero-order chi connectivity index (χ0) is 23.5. The van der Waals surface area contributed by atoms with Gasteiger partial charge >= 0.3 is 0 Å². The molecule has 1 N–H and O–H groups in total. The molecule has 0 aromatic heterocycles. The van der Waals surface area contributed by atoms with Gasteiger partial charge < -0.3 is 15.0 Å². The molecule has 0 bridgehead atoms. The summed E-state index contributed by atoms with van der Waals surface area (Å²) in [7, 11) is 1.62. The second kappa shape index (κ2) is 12.4. The Bertz CT molecular complexity index is 1000. The van der Waals surface area contributed by atoms with Gasteiger partial charge in [-0.25, -0.2) is 0 Å². The van der Waals surface area contributed by atoms with Gasteiger partial charge in [0, 0.05) is 25.9 Å². The molecule has 0 saturated carbocycles. The van der Waals surface area contributed by atoms with E-state index < -0.39 is 6.04 Å². The zero-order valence-corrected chi connectivity index (χ0v) is 19.4. The van der Waals surface area contributed by atoms with Crippen LogP contribution in [0.2, 0.25) is 0 Å². The summed E-state index contributed by atoms with van der Waals surface area (Å²) in [4.78, 5) is 28.1. The average molecular weight is 445 g/mol. The summed E-state index contributed by atoms with van der Waals surface area (Å²) in [6.45, 7) is 2.71. The van der Waals surface area contributed by atoms with Gasteiger partial charge in [-0.2, -0.15) is 0 Å². The van der Waals surface area contributed by atoms with Gasteiger partial charge in [0.15, 0.2) is 0 Å². The van der Waals surface area contributed by atoms with Crippen LogP contribution in [-0.4, -0.2) is 36.4 Å². The molecule has 0 saturated heterocycles. The molecule has 1 unspecified atom stereocenters.